The lowest BCUT2D eigenvalue weighted by molar-refractivity contribution is -0.118. The molecule has 0 atom stereocenters. The van der Waals surface area contributed by atoms with Gasteiger partial charge in [0.2, 0.25) is 5.91 Å². The van der Waals surface area contributed by atoms with Crippen LogP contribution in [0.15, 0.2) is 42.5 Å². The minimum Gasteiger partial charge on any atom is -0.497 e. The molecule has 0 fully saturated rings. The minimum atomic E-state index is -0.301. The van der Waals surface area contributed by atoms with Gasteiger partial charge in [0.05, 0.1) is 14.2 Å². The van der Waals surface area contributed by atoms with Gasteiger partial charge in [0.15, 0.2) is 0 Å². The zero-order valence-electron chi connectivity index (χ0n) is 14.8. The Morgan fingerprint density at radius 1 is 0.880 bits per heavy atom. The van der Waals surface area contributed by atoms with Crippen molar-refractivity contribution < 1.29 is 19.1 Å². The molecule has 0 unspecified atom stereocenters. The summed E-state index contributed by atoms with van der Waals surface area (Å²) in [5.41, 5.74) is 1.61. The number of carbonyl (C=O) groups excluding carboxylic acids is 2. The molecule has 2 rings (SSSR count). The molecule has 0 saturated carbocycles. The second-order valence-corrected chi connectivity index (χ2v) is 5.78. The number of methoxy groups -OCH3 is 2. The first-order valence-electron chi connectivity index (χ1n) is 7.88. The number of anilines is 2. The van der Waals surface area contributed by atoms with Gasteiger partial charge >= 0.3 is 0 Å². The van der Waals surface area contributed by atoms with Gasteiger partial charge in [-0.15, -0.1) is 0 Å². The Bertz CT molecular complexity index is 750. The van der Waals surface area contributed by atoms with Gasteiger partial charge in [-0.2, -0.15) is 0 Å². The summed E-state index contributed by atoms with van der Waals surface area (Å²) in [6, 6.07) is 11.9. The lowest BCUT2D eigenvalue weighted by atomic mass is 10.1. The maximum atomic E-state index is 12.5. The van der Waals surface area contributed by atoms with Crippen LogP contribution in [0.25, 0.3) is 0 Å². The fraction of sp³-hybridized carbons (Fsp3) is 0.263. The van der Waals surface area contributed by atoms with Gasteiger partial charge in [0, 0.05) is 28.9 Å². The second kappa shape index (κ2) is 8.19. The molecule has 2 amide bonds. The standard InChI is InChI=1S/C19H22N2O4/c1-12(2)18(22)20-14-6-5-7-15(10-14)21-19(23)13-8-16(24-3)11-17(9-13)25-4/h5-12H,1-4H3,(H,20,22)(H,21,23). The molecule has 0 aliphatic carbocycles. The van der Waals surface area contributed by atoms with Crippen molar-refractivity contribution in [2.24, 2.45) is 5.92 Å². The summed E-state index contributed by atoms with van der Waals surface area (Å²) in [6.07, 6.45) is 0. The van der Waals surface area contributed by atoms with Crippen molar-refractivity contribution in [1.82, 2.24) is 0 Å². The van der Waals surface area contributed by atoms with Crippen molar-refractivity contribution in [1.29, 1.82) is 0 Å². The first-order chi connectivity index (χ1) is 11.9. The smallest absolute Gasteiger partial charge is 0.255 e. The summed E-state index contributed by atoms with van der Waals surface area (Å²) in [5, 5.41) is 5.60. The fourth-order valence-corrected chi connectivity index (χ4v) is 2.10. The summed E-state index contributed by atoms with van der Waals surface area (Å²) >= 11 is 0. The van der Waals surface area contributed by atoms with Crippen LogP contribution in [0, 0.1) is 5.92 Å². The molecule has 0 radical (unpaired) electrons. The van der Waals surface area contributed by atoms with Crippen molar-refractivity contribution in [3.8, 4) is 11.5 Å². The lowest BCUT2D eigenvalue weighted by Gasteiger charge is -2.11. The molecular formula is C19H22N2O4. The number of hydrogen-bond donors (Lipinski definition) is 2. The maximum absolute atomic E-state index is 12.5. The Morgan fingerprint density at radius 2 is 1.44 bits per heavy atom. The highest BCUT2D eigenvalue weighted by atomic mass is 16.5. The van der Waals surface area contributed by atoms with Crippen LogP contribution in [0.3, 0.4) is 0 Å². The van der Waals surface area contributed by atoms with Crippen LogP contribution in [-0.4, -0.2) is 26.0 Å². The van der Waals surface area contributed by atoms with E-state index in [-0.39, 0.29) is 17.7 Å². The van der Waals surface area contributed by atoms with E-state index in [2.05, 4.69) is 10.6 Å². The molecular weight excluding hydrogens is 320 g/mol. The van der Waals surface area contributed by atoms with Crippen molar-refractivity contribution in [3.63, 3.8) is 0 Å². The molecule has 0 spiro atoms. The number of hydrogen-bond acceptors (Lipinski definition) is 4. The summed E-state index contributed by atoms with van der Waals surface area (Å²) in [5.74, 6) is 0.554. The Balaban J connectivity index is 2.17. The Kier molecular flexibility index (Phi) is 6.00. The van der Waals surface area contributed by atoms with Gasteiger partial charge in [0.25, 0.3) is 5.91 Å². The van der Waals surface area contributed by atoms with Crippen LogP contribution in [0.4, 0.5) is 11.4 Å². The lowest BCUT2D eigenvalue weighted by Crippen LogP contribution is -2.18. The van der Waals surface area contributed by atoms with Crippen LogP contribution in [0.5, 0.6) is 11.5 Å². The van der Waals surface area contributed by atoms with Crippen LogP contribution in [0.2, 0.25) is 0 Å². The predicted molar refractivity (Wildman–Crippen MR) is 97.4 cm³/mol. The molecule has 2 N–H and O–H groups in total. The van der Waals surface area contributed by atoms with Crippen LogP contribution in [-0.2, 0) is 4.79 Å². The molecule has 0 heterocycles. The fourth-order valence-electron chi connectivity index (χ4n) is 2.10. The molecule has 2 aromatic rings. The third kappa shape index (κ3) is 4.97. The molecule has 0 saturated heterocycles. The van der Waals surface area contributed by atoms with Crippen molar-refractivity contribution in [2.45, 2.75) is 13.8 Å². The summed E-state index contributed by atoms with van der Waals surface area (Å²) in [6.45, 7) is 3.63. The van der Waals surface area contributed by atoms with E-state index in [0.29, 0.717) is 28.4 Å². The van der Waals surface area contributed by atoms with E-state index in [1.54, 1.807) is 42.5 Å². The van der Waals surface area contributed by atoms with Crippen LogP contribution in [0.1, 0.15) is 24.2 Å². The molecule has 6 heteroatoms. The molecule has 0 bridgehead atoms. The number of ether oxygens (including phenoxy) is 2. The van der Waals surface area contributed by atoms with Gasteiger partial charge in [-0.3, -0.25) is 9.59 Å². The number of benzene rings is 2. The largest absolute Gasteiger partial charge is 0.497 e. The average Bonchev–Trinajstić information content (AvgIpc) is 2.61. The van der Waals surface area contributed by atoms with E-state index in [1.165, 1.54) is 14.2 Å². The highest BCUT2D eigenvalue weighted by Gasteiger charge is 2.11. The molecule has 6 nitrogen and oxygen atoms in total. The van der Waals surface area contributed by atoms with Crippen LogP contribution >= 0.6 is 0 Å². The summed E-state index contributed by atoms with van der Waals surface area (Å²) in [7, 11) is 3.05. The first kappa shape index (κ1) is 18.3. The van der Waals surface area contributed by atoms with Gasteiger partial charge in [-0.05, 0) is 30.3 Å². The molecule has 132 valence electrons. The van der Waals surface area contributed by atoms with E-state index < -0.39 is 0 Å². The monoisotopic (exact) mass is 342 g/mol. The topological polar surface area (TPSA) is 76.7 Å². The number of carbonyl (C=O) groups is 2. The number of nitrogens with one attached hydrogen (secondary N) is 2. The SMILES string of the molecule is COc1cc(OC)cc(C(=O)Nc2cccc(NC(=O)C(C)C)c2)c1. The average molecular weight is 342 g/mol. The van der Waals surface area contributed by atoms with Crippen molar-refractivity contribution in [2.75, 3.05) is 24.9 Å². The zero-order chi connectivity index (χ0) is 18.4. The van der Waals surface area contributed by atoms with E-state index in [4.69, 9.17) is 9.47 Å². The van der Waals surface area contributed by atoms with Gasteiger partial charge in [-0.25, -0.2) is 0 Å². The summed E-state index contributed by atoms with van der Waals surface area (Å²) in [4.78, 5) is 24.3. The van der Waals surface area contributed by atoms with E-state index >= 15 is 0 Å². The van der Waals surface area contributed by atoms with E-state index in [0.717, 1.165) is 0 Å². The first-order valence-corrected chi connectivity index (χ1v) is 7.88. The van der Waals surface area contributed by atoms with Crippen LogP contribution < -0.4 is 20.1 Å². The van der Waals surface area contributed by atoms with Crippen molar-refractivity contribution in [3.05, 3.63) is 48.0 Å². The van der Waals surface area contributed by atoms with E-state index in [9.17, 15) is 9.59 Å². The Labute approximate surface area is 147 Å². The van der Waals surface area contributed by atoms with Gasteiger partial charge < -0.3 is 20.1 Å². The summed E-state index contributed by atoms with van der Waals surface area (Å²) < 4.78 is 10.4. The quantitative estimate of drug-likeness (QED) is 0.842. The number of amides is 2. The van der Waals surface area contributed by atoms with Crippen molar-refractivity contribution >= 4 is 23.2 Å². The van der Waals surface area contributed by atoms with Gasteiger partial charge in [0.1, 0.15) is 11.5 Å². The van der Waals surface area contributed by atoms with E-state index in [1.807, 2.05) is 13.8 Å². The third-order valence-electron chi connectivity index (χ3n) is 3.53. The van der Waals surface area contributed by atoms with Gasteiger partial charge in [-0.1, -0.05) is 19.9 Å². The molecule has 25 heavy (non-hydrogen) atoms. The maximum Gasteiger partial charge on any atom is 0.255 e. The molecule has 0 aromatic heterocycles. The minimum absolute atomic E-state index is 0.0824. The normalized spacial score (nSPS) is 10.3. The Morgan fingerprint density at radius 3 is 1.96 bits per heavy atom. The highest BCUT2D eigenvalue weighted by Crippen LogP contribution is 2.24. The number of rotatable bonds is 6. The predicted octanol–water partition coefficient (Wildman–Crippen LogP) is 3.55. The second-order valence-electron chi connectivity index (χ2n) is 5.78. The third-order valence-corrected chi connectivity index (χ3v) is 3.53. The molecule has 2 aromatic carbocycles. The highest BCUT2D eigenvalue weighted by molar-refractivity contribution is 6.05. The Hall–Kier alpha value is -3.02. The zero-order valence-corrected chi connectivity index (χ0v) is 14.8. The molecule has 0 aliphatic rings. The molecule has 0 aliphatic heterocycles.